The molecular formula is C29H35N. The fourth-order valence-corrected chi connectivity index (χ4v) is 5.99. The van der Waals surface area contributed by atoms with E-state index in [2.05, 4.69) is 56.3 Å². The Labute approximate surface area is 181 Å². The van der Waals surface area contributed by atoms with Gasteiger partial charge in [-0.1, -0.05) is 67.9 Å². The summed E-state index contributed by atoms with van der Waals surface area (Å²) in [5.74, 6) is 1.45. The number of benzene rings is 2. The van der Waals surface area contributed by atoms with Crippen LogP contribution in [0.15, 0.2) is 42.5 Å². The smallest absolute Gasteiger partial charge is 0.0715 e. The molecule has 2 fully saturated rings. The Balaban J connectivity index is 1.63. The summed E-state index contributed by atoms with van der Waals surface area (Å²) in [6.07, 6.45) is 13.8. The van der Waals surface area contributed by atoms with Gasteiger partial charge >= 0.3 is 0 Å². The monoisotopic (exact) mass is 397 g/mol. The van der Waals surface area contributed by atoms with Crippen molar-refractivity contribution in [1.29, 1.82) is 0 Å². The van der Waals surface area contributed by atoms with Crippen LogP contribution >= 0.6 is 0 Å². The van der Waals surface area contributed by atoms with E-state index in [0.29, 0.717) is 0 Å². The maximum Gasteiger partial charge on any atom is 0.0715 e. The Morgan fingerprint density at radius 2 is 1.30 bits per heavy atom. The SMILES string of the molecule is Cc1cc(C)cc(-c2ccc3c(C4CCCCC4)cc(C4CCCCC4)cc3n2)c1. The maximum absolute atomic E-state index is 5.24. The normalized spacial score (nSPS) is 18.7. The second-order valence-corrected chi connectivity index (χ2v) is 9.92. The predicted octanol–water partition coefficient (Wildman–Crippen LogP) is 8.61. The Hall–Kier alpha value is -2.15. The Morgan fingerprint density at radius 1 is 0.667 bits per heavy atom. The molecule has 2 saturated carbocycles. The van der Waals surface area contributed by atoms with Crippen LogP contribution in [0.1, 0.15) is 98.3 Å². The molecule has 0 saturated heterocycles. The van der Waals surface area contributed by atoms with E-state index in [1.54, 1.807) is 11.1 Å². The van der Waals surface area contributed by atoms with Crippen LogP contribution in [0, 0.1) is 13.8 Å². The maximum atomic E-state index is 5.24. The molecule has 0 unspecified atom stereocenters. The fourth-order valence-electron chi connectivity index (χ4n) is 5.99. The van der Waals surface area contributed by atoms with E-state index in [0.717, 1.165) is 17.5 Å². The molecule has 0 spiro atoms. The summed E-state index contributed by atoms with van der Waals surface area (Å²) in [6.45, 7) is 4.36. The summed E-state index contributed by atoms with van der Waals surface area (Å²) >= 11 is 0. The second-order valence-electron chi connectivity index (χ2n) is 9.92. The highest BCUT2D eigenvalue weighted by atomic mass is 14.7. The Kier molecular flexibility index (Phi) is 5.63. The van der Waals surface area contributed by atoms with Gasteiger partial charge in [-0.05, 0) is 86.8 Å². The first-order valence-corrected chi connectivity index (χ1v) is 12.2. The van der Waals surface area contributed by atoms with Gasteiger partial charge < -0.3 is 0 Å². The highest BCUT2D eigenvalue weighted by Gasteiger charge is 2.22. The van der Waals surface area contributed by atoms with Crippen molar-refractivity contribution >= 4 is 10.9 Å². The molecule has 0 bridgehead atoms. The fraction of sp³-hybridized carbons (Fsp3) is 0.483. The third-order valence-electron chi connectivity index (χ3n) is 7.50. The van der Waals surface area contributed by atoms with Crippen LogP contribution in [0.2, 0.25) is 0 Å². The summed E-state index contributed by atoms with van der Waals surface area (Å²) in [4.78, 5) is 5.24. The van der Waals surface area contributed by atoms with Crippen molar-refractivity contribution in [2.24, 2.45) is 0 Å². The number of nitrogens with zero attached hydrogens (tertiary/aromatic N) is 1. The number of aromatic nitrogens is 1. The second kappa shape index (κ2) is 8.53. The molecule has 156 valence electrons. The molecule has 1 heteroatoms. The molecule has 1 heterocycles. The topological polar surface area (TPSA) is 12.9 Å². The molecular weight excluding hydrogens is 362 g/mol. The molecule has 0 amide bonds. The number of hydrogen-bond acceptors (Lipinski definition) is 1. The summed E-state index contributed by atoms with van der Waals surface area (Å²) in [7, 11) is 0. The van der Waals surface area contributed by atoms with Gasteiger partial charge in [0.1, 0.15) is 0 Å². The van der Waals surface area contributed by atoms with Gasteiger partial charge in [-0.25, -0.2) is 4.98 Å². The predicted molar refractivity (Wildman–Crippen MR) is 128 cm³/mol. The van der Waals surface area contributed by atoms with Crippen LogP contribution in [0.3, 0.4) is 0 Å². The van der Waals surface area contributed by atoms with Crippen molar-refractivity contribution < 1.29 is 0 Å². The average molecular weight is 398 g/mol. The van der Waals surface area contributed by atoms with Crippen LogP contribution in [-0.2, 0) is 0 Å². The molecule has 2 aliphatic rings. The van der Waals surface area contributed by atoms with E-state index in [1.165, 1.54) is 91.8 Å². The van der Waals surface area contributed by atoms with Gasteiger partial charge in [0.2, 0.25) is 0 Å². The quantitative estimate of drug-likeness (QED) is 0.431. The van der Waals surface area contributed by atoms with E-state index in [4.69, 9.17) is 4.98 Å². The van der Waals surface area contributed by atoms with E-state index in [-0.39, 0.29) is 0 Å². The average Bonchev–Trinajstić information content (AvgIpc) is 2.78. The Bertz CT molecular complexity index is 1020. The minimum Gasteiger partial charge on any atom is -0.248 e. The van der Waals surface area contributed by atoms with Gasteiger partial charge in [-0.2, -0.15) is 0 Å². The molecule has 2 aliphatic carbocycles. The molecule has 5 rings (SSSR count). The number of aryl methyl sites for hydroxylation is 2. The highest BCUT2D eigenvalue weighted by Crippen LogP contribution is 2.41. The lowest BCUT2D eigenvalue weighted by Crippen LogP contribution is -2.09. The highest BCUT2D eigenvalue weighted by molar-refractivity contribution is 5.86. The Morgan fingerprint density at radius 3 is 1.97 bits per heavy atom. The standard InChI is InChI=1S/C29H35N/c1-20-15-21(2)17-25(16-20)28-14-13-26-27(23-11-7-4-8-12-23)18-24(19-29(26)30-28)22-9-5-3-6-10-22/h13-19,22-23H,3-12H2,1-2H3. The van der Waals surface area contributed by atoms with E-state index < -0.39 is 0 Å². The lowest BCUT2D eigenvalue weighted by molar-refractivity contribution is 0.437. The largest absolute Gasteiger partial charge is 0.248 e. The molecule has 2 aromatic carbocycles. The third kappa shape index (κ3) is 4.04. The van der Waals surface area contributed by atoms with Gasteiger partial charge in [-0.15, -0.1) is 0 Å². The lowest BCUT2D eigenvalue weighted by atomic mass is 9.78. The first-order valence-electron chi connectivity index (χ1n) is 12.2. The molecule has 0 radical (unpaired) electrons. The van der Waals surface area contributed by atoms with Crippen LogP contribution in [0.5, 0.6) is 0 Å². The van der Waals surface area contributed by atoms with Crippen molar-refractivity contribution in [1.82, 2.24) is 4.98 Å². The van der Waals surface area contributed by atoms with Gasteiger partial charge in [0, 0.05) is 10.9 Å². The number of rotatable bonds is 3. The van der Waals surface area contributed by atoms with E-state index >= 15 is 0 Å². The molecule has 1 nitrogen and oxygen atoms in total. The summed E-state index contributed by atoms with van der Waals surface area (Å²) < 4.78 is 0. The van der Waals surface area contributed by atoms with Gasteiger partial charge in [0.25, 0.3) is 0 Å². The van der Waals surface area contributed by atoms with Crippen molar-refractivity contribution in [3.05, 3.63) is 64.7 Å². The zero-order chi connectivity index (χ0) is 20.5. The zero-order valence-electron chi connectivity index (χ0n) is 18.7. The van der Waals surface area contributed by atoms with Crippen molar-refractivity contribution in [2.75, 3.05) is 0 Å². The number of pyridine rings is 1. The minimum atomic E-state index is 0.721. The third-order valence-corrected chi connectivity index (χ3v) is 7.50. The molecule has 0 N–H and O–H groups in total. The van der Waals surface area contributed by atoms with E-state index in [1.807, 2.05) is 0 Å². The van der Waals surface area contributed by atoms with Gasteiger partial charge in [0.05, 0.1) is 11.2 Å². The zero-order valence-corrected chi connectivity index (χ0v) is 18.7. The number of hydrogen-bond donors (Lipinski definition) is 0. The molecule has 3 aromatic rings. The minimum absolute atomic E-state index is 0.721. The number of fused-ring (bicyclic) bond motifs is 1. The summed E-state index contributed by atoms with van der Waals surface area (Å²) in [5.41, 5.74) is 9.35. The molecule has 0 aliphatic heterocycles. The van der Waals surface area contributed by atoms with Gasteiger partial charge in [0.15, 0.2) is 0 Å². The van der Waals surface area contributed by atoms with Crippen LogP contribution in [-0.4, -0.2) is 4.98 Å². The first-order chi connectivity index (χ1) is 14.7. The lowest BCUT2D eigenvalue weighted by Gasteiger charge is -2.27. The van der Waals surface area contributed by atoms with Crippen LogP contribution in [0.25, 0.3) is 22.2 Å². The van der Waals surface area contributed by atoms with Crippen molar-refractivity contribution in [3.8, 4) is 11.3 Å². The van der Waals surface area contributed by atoms with Crippen molar-refractivity contribution in [3.63, 3.8) is 0 Å². The molecule has 30 heavy (non-hydrogen) atoms. The first kappa shape index (κ1) is 19.8. The summed E-state index contributed by atoms with van der Waals surface area (Å²) in [5, 5.41) is 1.40. The van der Waals surface area contributed by atoms with Crippen LogP contribution < -0.4 is 0 Å². The van der Waals surface area contributed by atoms with Gasteiger partial charge in [-0.3, -0.25) is 0 Å². The van der Waals surface area contributed by atoms with Crippen molar-refractivity contribution in [2.45, 2.75) is 89.9 Å². The molecule has 0 atom stereocenters. The summed E-state index contributed by atoms with van der Waals surface area (Å²) in [6, 6.07) is 16.4. The van der Waals surface area contributed by atoms with Crippen LogP contribution in [0.4, 0.5) is 0 Å². The molecule has 1 aromatic heterocycles. The van der Waals surface area contributed by atoms with E-state index in [9.17, 15) is 0 Å².